The van der Waals surface area contributed by atoms with Gasteiger partial charge >= 0.3 is 5.97 Å². The number of hydrogen-bond donors (Lipinski definition) is 6. The van der Waals surface area contributed by atoms with Gasteiger partial charge in [0.2, 0.25) is 17.7 Å². The first-order valence-corrected chi connectivity index (χ1v) is 10.1. The number of nitrogens with one attached hydrogen (secondary N) is 3. The smallest absolute Gasteiger partial charge is 0.326 e. The van der Waals surface area contributed by atoms with Gasteiger partial charge in [-0.25, -0.2) is 4.79 Å². The highest BCUT2D eigenvalue weighted by atomic mass is 16.4. The van der Waals surface area contributed by atoms with Crippen molar-refractivity contribution >= 4 is 23.7 Å². The molecule has 10 nitrogen and oxygen atoms in total. The van der Waals surface area contributed by atoms with Crippen LogP contribution in [-0.2, 0) is 25.6 Å². The lowest BCUT2D eigenvalue weighted by molar-refractivity contribution is -0.142. The van der Waals surface area contributed by atoms with Gasteiger partial charge in [-0.15, -0.1) is 0 Å². The van der Waals surface area contributed by atoms with E-state index >= 15 is 0 Å². The Hall–Kier alpha value is -3.14. The molecule has 0 aromatic heterocycles. The SMILES string of the molecule is CC(C)C(NC(=O)CN)C(=O)NC(C(=O)NC(Cc1ccc(O)cc1)C(=O)O)C(C)C. The molecule has 1 rings (SSSR count). The maximum absolute atomic E-state index is 12.8. The van der Waals surface area contributed by atoms with Crippen LogP contribution in [-0.4, -0.2) is 58.6 Å². The molecular formula is C21H32N4O6. The van der Waals surface area contributed by atoms with Crippen LogP contribution < -0.4 is 21.7 Å². The van der Waals surface area contributed by atoms with Gasteiger partial charge in [0, 0.05) is 6.42 Å². The molecule has 3 atom stereocenters. The van der Waals surface area contributed by atoms with Gasteiger partial charge in [-0.2, -0.15) is 0 Å². The van der Waals surface area contributed by atoms with Crippen LogP contribution in [0.3, 0.4) is 0 Å². The first-order chi connectivity index (χ1) is 14.5. The zero-order valence-electron chi connectivity index (χ0n) is 18.2. The fourth-order valence-electron chi connectivity index (χ4n) is 2.87. The Balaban J connectivity index is 2.92. The molecule has 0 heterocycles. The van der Waals surface area contributed by atoms with Gasteiger partial charge < -0.3 is 31.9 Å². The number of nitrogens with two attached hydrogens (primary N) is 1. The van der Waals surface area contributed by atoms with Crippen LogP contribution in [0.4, 0.5) is 0 Å². The van der Waals surface area contributed by atoms with Crippen LogP contribution in [0, 0.1) is 11.8 Å². The summed E-state index contributed by atoms with van der Waals surface area (Å²) < 4.78 is 0. The summed E-state index contributed by atoms with van der Waals surface area (Å²) in [6, 6.07) is 2.85. The first-order valence-electron chi connectivity index (χ1n) is 10.1. The number of hydrogen-bond acceptors (Lipinski definition) is 6. The number of aromatic hydroxyl groups is 1. The number of phenols is 1. The number of benzene rings is 1. The summed E-state index contributed by atoms with van der Waals surface area (Å²) in [5, 5.41) is 26.5. The standard InChI is InChI=1S/C21H32N4O6/c1-11(2)17(24-16(27)10-22)20(29)25-18(12(3)4)19(28)23-15(21(30)31)9-13-5-7-14(26)8-6-13/h5-8,11-12,15,17-18,26H,9-10,22H2,1-4H3,(H,23,28)(H,24,27)(H,25,29)(H,30,31). The van der Waals surface area contributed by atoms with E-state index in [1.165, 1.54) is 12.1 Å². The van der Waals surface area contributed by atoms with E-state index in [1.54, 1.807) is 39.8 Å². The molecule has 1 aromatic carbocycles. The Morgan fingerprint density at radius 3 is 1.81 bits per heavy atom. The molecule has 0 fully saturated rings. The second-order valence-electron chi connectivity index (χ2n) is 7.99. The van der Waals surface area contributed by atoms with Gasteiger partial charge in [0.05, 0.1) is 6.54 Å². The van der Waals surface area contributed by atoms with Crippen molar-refractivity contribution in [3.63, 3.8) is 0 Å². The summed E-state index contributed by atoms with van der Waals surface area (Å²) in [6.45, 7) is 6.63. The molecule has 0 radical (unpaired) electrons. The highest BCUT2D eigenvalue weighted by molar-refractivity contribution is 5.93. The monoisotopic (exact) mass is 436 g/mol. The van der Waals surface area contributed by atoms with Gasteiger partial charge in [-0.1, -0.05) is 39.8 Å². The molecule has 7 N–H and O–H groups in total. The minimum atomic E-state index is -1.23. The van der Waals surface area contributed by atoms with E-state index in [4.69, 9.17) is 5.73 Å². The number of carbonyl (C=O) groups excluding carboxylic acids is 3. The van der Waals surface area contributed by atoms with Crippen molar-refractivity contribution in [2.75, 3.05) is 6.54 Å². The van der Waals surface area contributed by atoms with Crippen molar-refractivity contribution in [1.29, 1.82) is 0 Å². The van der Waals surface area contributed by atoms with Crippen LogP contribution in [0.5, 0.6) is 5.75 Å². The van der Waals surface area contributed by atoms with Gasteiger partial charge in [-0.3, -0.25) is 14.4 Å². The maximum atomic E-state index is 12.8. The van der Waals surface area contributed by atoms with Crippen molar-refractivity contribution in [2.45, 2.75) is 52.2 Å². The molecule has 31 heavy (non-hydrogen) atoms. The molecule has 0 bridgehead atoms. The van der Waals surface area contributed by atoms with E-state index in [9.17, 15) is 29.4 Å². The maximum Gasteiger partial charge on any atom is 0.326 e. The summed E-state index contributed by atoms with van der Waals surface area (Å²) >= 11 is 0. The zero-order valence-corrected chi connectivity index (χ0v) is 18.2. The van der Waals surface area contributed by atoms with Crippen LogP contribution in [0.2, 0.25) is 0 Å². The number of phenolic OH excluding ortho intramolecular Hbond substituents is 1. The molecule has 10 heteroatoms. The summed E-state index contributed by atoms with van der Waals surface area (Å²) in [5.74, 6) is -3.50. The van der Waals surface area contributed by atoms with Crippen LogP contribution in [0.25, 0.3) is 0 Å². The molecule has 172 valence electrons. The lowest BCUT2D eigenvalue weighted by Gasteiger charge is -2.28. The van der Waals surface area contributed by atoms with Crippen LogP contribution in [0.15, 0.2) is 24.3 Å². The van der Waals surface area contributed by atoms with E-state index in [0.717, 1.165) is 0 Å². The molecule has 0 aliphatic heterocycles. The summed E-state index contributed by atoms with van der Waals surface area (Å²) in [4.78, 5) is 48.8. The number of carbonyl (C=O) groups is 4. The Labute approximate surface area is 181 Å². The van der Waals surface area contributed by atoms with E-state index < -0.39 is 41.8 Å². The molecular weight excluding hydrogens is 404 g/mol. The first kappa shape index (κ1) is 25.9. The van der Waals surface area contributed by atoms with Gasteiger partial charge in [-0.05, 0) is 29.5 Å². The zero-order chi connectivity index (χ0) is 23.7. The molecule has 0 saturated heterocycles. The van der Waals surface area contributed by atoms with Gasteiger partial charge in [0.25, 0.3) is 0 Å². The molecule has 0 spiro atoms. The normalized spacial score (nSPS) is 13.9. The largest absolute Gasteiger partial charge is 0.508 e. The number of carboxylic acids is 1. The van der Waals surface area contributed by atoms with Crippen LogP contribution >= 0.6 is 0 Å². The average Bonchev–Trinajstić information content (AvgIpc) is 2.70. The lowest BCUT2D eigenvalue weighted by Crippen LogP contribution is -2.59. The predicted molar refractivity (Wildman–Crippen MR) is 114 cm³/mol. The van der Waals surface area contributed by atoms with Crippen molar-refractivity contribution in [3.05, 3.63) is 29.8 Å². The highest BCUT2D eigenvalue weighted by Crippen LogP contribution is 2.12. The quantitative estimate of drug-likeness (QED) is 0.277. The van der Waals surface area contributed by atoms with E-state index in [2.05, 4.69) is 16.0 Å². The van der Waals surface area contributed by atoms with E-state index in [0.29, 0.717) is 5.56 Å². The molecule has 0 aliphatic rings. The van der Waals surface area contributed by atoms with E-state index in [1.807, 2.05) is 0 Å². The molecule has 0 saturated carbocycles. The number of rotatable bonds is 11. The Bertz CT molecular complexity index is 779. The summed E-state index contributed by atoms with van der Waals surface area (Å²) in [7, 11) is 0. The van der Waals surface area contributed by atoms with Crippen LogP contribution in [0.1, 0.15) is 33.3 Å². The average molecular weight is 437 g/mol. The number of carboxylic acid groups (broad SMARTS) is 1. The second-order valence-corrected chi connectivity index (χ2v) is 7.99. The topological polar surface area (TPSA) is 171 Å². The number of amides is 3. The van der Waals surface area contributed by atoms with Crippen molar-refractivity contribution < 1.29 is 29.4 Å². The van der Waals surface area contributed by atoms with Crippen molar-refractivity contribution in [3.8, 4) is 5.75 Å². The van der Waals surface area contributed by atoms with Crippen molar-refractivity contribution in [2.24, 2.45) is 17.6 Å². The third-order valence-electron chi connectivity index (χ3n) is 4.69. The fraction of sp³-hybridized carbons (Fsp3) is 0.524. The second kappa shape index (κ2) is 11.9. The summed E-state index contributed by atoms with van der Waals surface area (Å²) in [5.41, 5.74) is 5.91. The third kappa shape index (κ3) is 8.25. The fourth-order valence-corrected chi connectivity index (χ4v) is 2.87. The predicted octanol–water partition coefficient (Wildman–Crippen LogP) is -0.256. The Kier molecular flexibility index (Phi) is 9.94. The highest BCUT2D eigenvalue weighted by Gasteiger charge is 2.32. The third-order valence-corrected chi connectivity index (χ3v) is 4.69. The molecule has 1 aromatic rings. The van der Waals surface area contributed by atoms with Gasteiger partial charge in [0.15, 0.2) is 0 Å². The Morgan fingerprint density at radius 1 is 0.871 bits per heavy atom. The molecule has 3 amide bonds. The summed E-state index contributed by atoms with van der Waals surface area (Å²) in [6.07, 6.45) is 0.00128. The van der Waals surface area contributed by atoms with Crippen molar-refractivity contribution in [1.82, 2.24) is 16.0 Å². The van der Waals surface area contributed by atoms with E-state index in [-0.39, 0.29) is 30.6 Å². The molecule has 0 aliphatic carbocycles. The lowest BCUT2D eigenvalue weighted by atomic mass is 9.98. The number of aliphatic carboxylic acids is 1. The molecule has 3 unspecified atom stereocenters. The van der Waals surface area contributed by atoms with Gasteiger partial charge in [0.1, 0.15) is 23.9 Å². The Morgan fingerprint density at radius 2 is 1.35 bits per heavy atom. The minimum Gasteiger partial charge on any atom is -0.508 e. The minimum absolute atomic E-state index is 0.00128.